The first-order chi connectivity index (χ1) is 11.4. The Balaban J connectivity index is 1.72. The minimum atomic E-state index is -0.997. The van der Waals surface area contributed by atoms with Crippen molar-refractivity contribution in [3.63, 3.8) is 0 Å². The molecule has 0 spiro atoms. The van der Waals surface area contributed by atoms with Gasteiger partial charge in [-0.2, -0.15) is 5.10 Å². The summed E-state index contributed by atoms with van der Waals surface area (Å²) >= 11 is 0. The lowest BCUT2D eigenvalue weighted by Gasteiger charge is -2.09. The SMILES string of the molecule is Cc1ccc2[nH]c(C(=O)N[C@H](C)c3n[nH]c(CC(=O)O)n3)cc2c1. The van der Waals surface area contributed by atoms with Crippen molar-refractivity contribution in [2.24, 2.45) is 0 Å². The van der Waals surface area contributed by atoms with Crippen LogP contribution in [0.1, 0.15) is 40.7 Å². The molecule has 24 heavy (non-hydrogen) atoms. The summed E-state index contributed by atoms with van der Waals surface area (Å²) in [5, 5.41) is 19.0. The quantitative estimate of drug-likeness (QED) is 0.568. The summed E-state index contributed by atoms with van der Waals surface area (Å²) in [4.78, 5) is 30.2. The number of carbonyl (C=O) groups is 2. The minimum Gasteiger partial charge on any atom is -0.481 e. The normalized spacial score (nSPS) is 12.2. The van der Waals surface area contributed by atoms with Crippen LogP contribution in [0, 0.1) is 6.92 Å². The lowest BCUT2D eigenvalue weighted by Crippen LogP contribution is -2.27. The van der Waals surface area contributed by atoms with E-state index < -0.39 is 12.0 Å². The smallest absolute Gasteiger partial charge is 0.311 e. The fraction of sp³-hybridized carbons (Fsp3) is 0.250. The molecule has 1 amide bonds. The molecule has 0 aliphatic rings. The molecule has 0 radical (unpaired) electrons. The van der Waals surface area contributed by atoms with E-state index in [-0.39, 0.29) is 18.2 Å². The minimum absolute atomic E-state index is 0.241. The summed E-state index contributed by atoms with van der Waals surface area (Å²) in [6, 6.07) is 7.24. The zero-order chi connectivity index (χ0) is 17.3. The number of nitrogens with one attached hydrogen (secondary N) is 3. The van der Waals surface area contributed by atoms with Gasteiger partial charge < -0.3 is 15.4 Å². The van der Waals surface area contributed by atoms with Crippen LogP contribution in [0.2, 0.25) is 0 Å². The van der Waals surface area contributed by atoms with Gasteiger partial charge in [0.25, 0.3) is 5.91 Å². The molecule has 124 valence electrons. The molecule has 8 heteroatoms. The van der Waals surface area contributed by atoms with E-state index in [0.717, 1.165) is 16.5 Å². The van der Waals surface area contributed by atoms with Crippen molar-refractivity contribution in [1.29, 1.82) is 0 Å². The van der Waals surface area contributed by atoms with Crippen molar-refractivity contribution in [2.45, 2.75) is 26.3 Å². The van der Waals surface area contributed by atoms with E-state index in [1.807, 2.05) is 25.1 Å². The highest BCUT2D eigenvalue weighted by molar-refractivity contribution is 5.98. The molecule has 3 rings (SSSR count). The topological polar surface area (TPSA) is 124 Å². The molecular weight excluding hydrogens is 310 g/mol. The summed E-state index contributed by atoms with van der Waals surface area (Å²) < 4.78 is 0. The van der Waals surface area contributed by atoms with Crippen molar-refractivity contribution >= 4 is 22.8 Å². The number of aryl methyl sites for hydroxylation is 1. The van der Waals surface area contributed by atoms with Crippen molar-refractivity contribution in [3.05, 3.63) is 47.2 Å². The van der Waals surface area contributed by atoms with E-state index >= 15 is 0 Å². The molecule has 0 saturated heterocycles. The standard InChI is InChI=1S/C16H17N5O3/c1-8-3-4-11-10(5-8)6-12(18-11)16(24)17-9(2)15-19-13(20-21-15)7-14(22)23/h3-6,9,18H,7H2,1-2H3,(H,17,24)(H,22,23)(H,19,20,21)/t9-/m1/s1. The van der Waals surface area contributed by atoms with Crippen molar-refractivity contribution < 1.29 is 14.7 Å². The largest absolute Gasteiger partial charge is 0.481 e. The number of carboxylic acids is 1. The van der Waals surface area contributed by atoms with Crippen molar-refractivity contribution in [3.8, 4) is 0 Å². The van der Waals surface area contributed by atoms with Crippen LogP contribution in [0.15, 0.2) is 24.3 Å². The number of fused-ring (bicyclic) bond motifs is 1. The molecule has 0 bridgehead atoms. The van der Waals surface area contributed by atoms with E-state index in [0.29, 0.717) is 11.5 Å². The molecular formula is C16H17N5O3. The van der Waals surface area contributed by atoms with Gasteiger partial charge in [0.1, 0.15) is 17.9 Å². The number of carbonyl (C=O) groups excluding carboxylic acids is 1. The zero-order valence-electron chi connectivity index (χ0n) is 13.3. The number of rotatable bonds is 5. The average Bonchev–Trinajstić information content (AvgIpc) is 3.12. The van der Waals surface area contributed by atoms with Crippen LogP contribution in [0.25, 0.3) is 10.9 Å². The Morgan fingerprint density at radius 2 is 2.12 bits per heavy atom. The number of amides is 1. The Hall–Kier alpha value is -3.16. The summed E-state index contributed by atoms with van der Waals surface area (Å²) in [5.41, 5.74) is 2.46. The summed E-state index contributed by atoms with van der Waals surface area (Å²) in [5.74, 6) is -0.685. The van der Waals surface area contributed by atoms with Crippen LogP contribution in [0.3, 0.4) is 0 Å². The van der Waals surface area contributed by atoms with Gasteiger partial charge in [-0.05, 0) is 32.0 Å². The third-order valence-electron chi connectivity index (χ3n) is 3.62. The van der Waals surface area contributed by atoms with Crippen molar-refractivity contribution in [2.75, 3.05) is 0 Å². The monoisotopic (exact) mass is 327 g/mol. The van der Waals surface area contributed by atoms with Crippen LogP contribution < -0.4 is 5.32 Å². The van der Waals surface area contributed by atoms with E-state index in [1.165, 1.54) is 0 Å². The van der Waals surface area contributed by atoms with Gasteiger partial charge in [-0.3, -0.25) is 14.7 Å². The summed E-state index contributed by atoms with van der Waals surface area (Å²) in [7, 11) is 0. The molecule has 4 N–H and O–H groups in total. The fourth-order valence-corrected chi connectivity index (χ4v) is 2.44. The van der Waals surface area contributed by atoms with E-state index in [9.17, 15) is 9.59 Å². The summed E-state index contributed by atoms with van der Waals surface area (Å²) in [6.45, 7) is 3.73. The predicted molar refractivity (Wildman–Crippen MR) is 86.6 cm³/mol. The van der Waals surface area contributed by atoms with Gasteiger partial charge >= 0.3 is 5.97 Å². The Morgan fingerprint density at radius 1 is 1.33 bits per heavy atom. The number of hydrogen-bond donors (Lipinski definition) is 4. The fourth-order valence-electron chi connectivity index (χ4n) is 2.44. The van der Waals surface area contributed by atoms with E-state index in [2.05, 4.69) is 25.5 Å². The van der Waals surface area contributed by atoms with Crippen LogP contribution in [0.4, 0.5) is 0 Å². The highest BCUT2D eigenvalue weighted by Gasteiger charge is 2.17. The second-order valence-electron chi connectivity index (χ2n) is 5.68. The highest BCUT2D eigenvalue weighted by atomic mass is 16.4. The maximum atomic E-state index is 12.4. The van der Waals surface area contributed by atoms with Gasteiger partial charge in [0.15, 0.2) is 5.82 Å². The average molecular weight is 327 g/mol. The first kappa shape index (κ1) is 15.7. The molecule has 0 aliphatic carbocycles. The highest BCUT2D eigenvalue weighted by Crippen LogP contribution is 2.17. The predicted octanol–water partition coefficient (Wildman–Crippen LogP) is 1.71. The first-order valence-corrected chi connectivity index (χ1v) is 7.45. The number of hydrogen-bond acceptors (Lipinski definition) is 4. The molecule has 1 atom stereocenters. The molecule has 0 saturated carbocycles. The van der Waals surface area contributed by atoms with E-state index in [1.54, 1.807) is 13.0 Å². The van der Waals surface area contributed by atoms with Gasteiger partial charge in [0, 0.05) is 10.9 Å². The second kappa shape index (κ2) is 6.15. The number of aromatic amines is 2. The third-order valence-corrected chi connectivity index (χ3v) is 3.62. The Morgan fingerprint density at radius 3 is 2.88 bits per heavy atom. The lowest BCUT2D eigenvalue weighted by atomic mass is 10.2. The number of carboxylic acid groups (broad SMARTS) is 1. The number of H-pyrrole nitrogens is 2. The van der Waals surface area contributed by atoms with Gasteiger partial charge in [-0.15, -0.1) is 0 Å². The molecule has 3 aromatic rings. The third kappa shape index (κ3) is 3.27. The zero-order valence-corrected chi connectivity index (χ0v) is 13.3. The van der Waals surface area contributed by atoms with Gasteiger partial charge in [0.05, 0.1) is 6.04 Å². The van der Waals surface area contributed by atoms with Crippen LogP contribution >= 0.6 is 0 Å². The molecule has 1 aromatic carbocycles. The number of nitrogens with zero attached hydrogens (tertiary/aromatic N) is 2. The maximum absolute atomic E-state index is 12.4. The van der Waals surface area contributed by atoms with Crippen LogP contribution in [0.5, 0.6) is 0 Å². The van der Waals surface area contributed by atoms with E-state index in [4.69, 9.17) is 5.11 Å². The molecule has 2 aromatic heterocycles. The molecule has 0 fully saturated rings. The van der Waals surface area contributed by atoms with Crippen molar-refractivity contribution in [1.82, 2.24) is 25.5 Å². The molecule has 0 aliphatic heterocycles. The molecule has 8 nitrogen and oxygen atoms in total. The number of aliphatic carboxylic acids is 1. The Kier molecular flexibility index (Phi) is 4.03. The Labute approximate surface area is 137 Å². The summed E-state index contributed by atoms with van der Waals surface area (Å²) in [6.07, 6.45) is -0.241. The van der Waals surface area contributed by atoms with Gasteiger partial charge in [-0.25, -0.2) is 4.98 Å². The lowest BCUT2D eigenvalue weighted by molar-refractivity contribution is -0.136. The molecule has 2 heterocycles. The number of benzene rings is 1. The molecule has 0 unspecified atom stereocenters. The van der Waals surface area contributed by atoms with Crippen LogP contribution in [-0.4, -0.2) is 37.1 Å². The Bertz CT molecular complexity index is 911. The van der Waals surface area contributed by atoms with Gasteiger partial charge in [0.2, 0.25) is 0 Å². The van der Waals surface area contributed by atoms with Crippen LogP contribution in [-0.2, 0) is 11.2 Å². The maximum Gasteiger partial charge on any atom is 0.311 e. The van der Waals surface area contributed by atoms with Gasteiger partial charge in [-0.1, -0.05) is 11.6 Å². The number of aromatic nitrogens is 4. The second-order valence-corrected chi connectivity index (χ2v) is 5.68. The first-order valence-electron chi connectivity index (χ1n) is 7.45.